The van der Waals surface area contributed by atoms with Crippen LogP contribution in [0.25, 0.3) is 0 Å². The lowest BCUT2D eigenvalue weighted by Gasteiger charge is -2.62. The van der Waals surface area contributed by atoms with Crippen molar-refractivity contribution in [2.45, 2.75) is 103 Å². The second kappa shape index (κ2) is 6.94. The van der Waals surface area contributed by atoms with E-state index in [1.165, 1.54) is 0 Å². The van der Waals surface area contributed by atoms with Crippen LogP contribution < -0.4 is 0 Å². The summed E-state index contributed by atoms with van der Waals surface area (Å²) in [6.07, 6.45) is 3.69. The first kappa shape index (κ1) is 22.5. The number of carbonyl (C=O) groups excluding carboxylic acids is 2. The van der Waals surface area contributed by atoms with Gasteiger partial charge in [0.25, 0.3) is 0 Å². The Morgan fingerprint density at radius 3 is 1.97 bits per heavy atom. The summed E-state index contributed by atoms with van der Waals surface area (Å²) in [4.78, 5) is 25.3. The van der Waals surface area contributed by atoms with Crippen molar-refractivity contribution < 1.29 is 29.3 Å². The molecule has 0 saturated heterocycles. The highest BCUT2D eigenvalue weighted by Gasteiger charge is 2.64. The smallest absolute Gasteiger partial charge is 0.344 e. The van der Waals surface area contributed by atoms with Crippen LogP contribution in [0, 0.1) is 22.7 Å². The fraction of sp³-hybridized carbons (Fsp3) is 0.913. The van der Waals surface area contributed by atoms with E-state index in [9.17, 15) is 19.8 Å². The Bertz CT molecular complexity index is 652. The molecular weight excluding hydrogens is 372 g/mol. The summed E-state index contributed by atoms with van der Waals surface area (Å²) in [5.41, 5.74) is -3.09. The molecule has 6 heteroatoms. The maximum Gasteiger partial charge on any atom is 0.344 e. The standard InChI is InChI=1S/C23H38O6/c1-19(2,3)10-16(20(4,5)6)18(25)28-11-17(24)29-23-9-15-7-21(26,13-23)12-22(27,8-15)14-23/h15-16,26-27H,7-14H2,1-6H3. The van der Waals surface area contributed by atoms with E-state index >= 15 is 0 Å². The van der Waals surface area contributed by atoms with Gasteiger partial charge in [0, 0.05) is 19.3 Å². The van der Waals surface area contributed by atoms with E-state index in [0.29, 0.717) is 44.9 Å². The highest BCUT2D eigenvalue weighted by atomic mass is 16.6. The zero-order chi connectivity index (χ0) is 21.9. The predicted molar refractivity (Wildman–Crippen MR) is 108 cm³/mol. The van der Waals surface area contributed by atoms with Crippen LogP contribution in [0.1, 0.15) is 86.5 Å². The Morgan fingerprint density at radius 2 is 1.52 bits per heavy atom. The Labute approximate surface area is 174 Å². The zero-order valence-corrected chi connectivity index (χ0v) is 18.8. The zero-order valence-electron chi connectivity index (χ0n) is 18.8. The summed E-state index contributed by atoms with van der Waals surface area (Å²) in [6, 6.07) is 0. The van der Waals surface area contributed by atoms with E-state index in [4.69, 9.17) is 9.47 Å². The average Bonchev–Trinajstić information content (AvgIpc) is 2.44. The molecule has 3 unspecified atom stereocenters. The van der Waals surface area contributed by atoms with Gasteiger partial charge in [0.1, 0.15) is 5.60 Å². The van der Waals surface area contributed by atoms with Gasteiger partial charge >= 0.3 is 11.9 Å². The molecule has 3 atom stereocenters. The number of carbonyl (C=O) groups is 2. The molecule has 4 aliphatic carbocycles. The van der Waals surface area contributed by atoms with Crippen LogP contribution in [-0.2, 0) is 19.1 Å². The fourth-order valence-electron chi connectivity index (χ4n) is 6.22. The van der Waals surface area contributed by atoms with Gasteiger partial charge in [-0.05, 0) is 42.4 Å². The minimum absolute atomic E-state index is 0.0401. The number of esters is 2. The third-order valence-electron chi connectivity index (χ3n) is 6.77. The highest BCUT2D eigenvalue weighted by Crippen LogP contribution is 2.60. The maximum atomic E-state index is 12.7. The van der Waals surface area contributed by atoms with Crippen molar-refractivity contribution >= 4 is 11.9 Å². The quantitative estimate of drug-likeness (QED) is 0.675. The van der Waals surface area contributed by atoms with Gasteiger partial charge < -0.3 is 19.7 Å². The molecule has 4 rings (SSSR count). The van der Waals surface area contributed by atoms with Gasteiger partial charge in [-0.2, -0.15) is 0 Å². The summed E-state index contributed by atoms with van der Waals surface area (Å²) in [7, 11) is 0. The molecule has 0 radical (unpaired) electrons. The first-order chi connectivity index (χ1) is 13.0. The summed E-state index contributed by atoms with van der Waals surface area (Å²) < 4.78 is 11.1. The summed E-state index contributed by atoms with van der Waals surface area (Å²) >= 11 is 0. The Hall–Kier alpha value is -1.14. The molecular formula is C23H38O6. The number of ether oxygens (including phenoxy) is 2. The molecule has 4 aliphatic rings. The Balaban J connectivity index is 1.60. The van der Waals surface area contributed by atoms with E-state index in [1.54, 1.807) is 0 Å². The van der Waals surface area contributed by atoms with E-state index in [-0.39, 0.29) is 28.6 Å². The monoisotopic (exact) mass is 410 g/mol. The van der Waals surface area contributed by atoms with E-state index in [1.807, 2.05) is 20.8 Å². The van der Waals surface area contributed by atoms with E-state index in [0.717, 1.165) is 0 Å². The molecule has 4 bridgehead atoms. The van der Waals surface area contributed by atoms with Crippen molar-refractivity contribution in [3.05, 3.63) is 0 Å². The first-order valence-electron chi connectivity index (χ1n) is 10.9. The fourth-order valence-corrected chi connectivity index (χ4v) is 6.22. The molecule has 166 valence electrons. The highest BCUT2D eigenvalue weighted by molar-refractivity contribution is 5.78. The second-order valence-corrected chi connectivity index (χ2v) is 12.4. The van der Waals surface area contributed by atoms with Gasteiger partial charge in [0.2, 0.25) is 0 Å². The molecule has 0 heterocycles. The van der Waals surface area contributed by atoms with Crippen LogP contribution >= 0.6 is 0 Å². The van der Waals surface area contributed by atoms with Crippen LogP contribution in [0.15, 0.2) is 0 Å². The molecule has 0 aromatic heterocycles. The van der Waals surface area contributed by atoms with Gasteiger partial charge in [-0.25, -0.2) is 4.79 Å². The van der Waals surface area contributed by atoms with Crippen LogP contribution in [0.4, 0.5) is 0 Å². The number of hydrogen-bond donors (Lipinski definition) is 2. The number of hydrogen-bond acceptors (Lipinski definition) is 6. The molecule has 0 aromatic rings. The molecule has 29 heavy (non-hydrogen) atoms. The lowest BCUT2D eigenvalue weighted by molar-refractivity contribution is -0.262. The lowest BCUT2D eigenvalue weighted by atomic mass is 9.50. The topological polar surface area (TPSA) is 93.1 Å². The van der Waals surface area contributed by atoms with Crippen LogP contribution in [0.3, 0.4) is 0 Å². The van der Waals surface area contributed by atoms with Crippen LogP contribution in [0.2, 0.25) is 0 Å². The Morgan fingerprint density at radius 1 is 0.966 bits per heavy atom. The SMILES string of the molecule is CC(C)(C)CC(C(=O)OCC(=O)OC12CC3CC(O)(CC(O)(C3)C1)C2)C(C)(C)C. The van der Waals surface area contributed by atoms with Crippen molar-refractivity contribution in [1.29, 1.82) is 0 Å². The minimum atomic E-state index is -0.963. The van der Waals surface area contributed by atoms with Gasteiger partial charge in [-0.3, -0.25) is 4.79 Å². The van der Waals surface area contributed by atoms with E-state index in [2.05, 4.69) is 20.8 Å². The minimum Gasteiger partial charge on any atom is -0.456 e. The molecule has 6 nitrogen and oxygen atoms in total. The molecule has 0 aromatic carbocycles. The lowest BCUT2D eigenvalue weighted by Crippen LogP contribution is -2.67. The van der Waals surface area contributed by atoms with Gasteiger partial charge in [0.15, 0.2) is 6.61 Å². The summed E-state index contributed by atoms with van der Waals surface area (Å²) in [6.45, 7) is 11.8. The van der Waals surface area contributed by atoms with Crippen molar-refractivity contribution in [2.24, 2.45) is 22.7 Å². The third-order valence-corrected chi connectivity index (χ3v) is 6.77. The largest absolute Gasteiger partial charge is 0.456 e. The number of aliphatic hydroxyl groups is 2. The van der Waals surface area contributed by atoms with Crippen molar-refractivity contribution in [1.82, 2.24) is 0 Å². The second-order valence-electron chi connectivity index (χ2n) is 12.4. The van der Waals surface area contributed by atoms with Crippen molar-refractivity contribution in [3.63, 3.8) is 0 Å². The molecule has 0 amide bonds. The normalized spacial score (nSPS) is 37.3. The van der Waals surface area contributed by atoms with Crippen molar-refractivity contribution in [2.75, 3.05) is 6.61 Å². The number of rotatable bonds is 5. The van der Waals surface area contributed by atoms with E-state index < -0.39 is 29.4 Å². The predicted octanol–water partition coefficient (Wildman–Crippen LogP) is 3.37. The molecule has 4 saturated carbocycles. The average molecular weight is 411 g/mol. The first-order valence-corrected chi connectivity index (χ1v) is 10.9. The summed E-state index contributed by atoms with van der Waals surface area (Å²) in [5.74, 6) is -1.15. The molecule has 0 spiro atoms. The van der Waals surface area contributed by atoms with Crippen molar-refractivity contribution in [3.8, 4) is 0 Å². The maximum absolute atomic E-state index is 12.7. The Kier molecular flexibility index (Phi) is 5.40. The molecule has 4 fully saturated rings. The molecule has 0 aliphatic heterocycles. The van der Waals surface area contributed by atoms with Gasteiger partial charge in [0.05, 0.1) is 17.1 Å². The van der Waals surface area contributed by atoms with Gasteiger partial charge in [-0.1, -0.05) is 41.5 Å². The van der Waals surface area contributed by atoms with Crippen LogP contribution in [-0.4, -0.2) is 45.6 Å². The third kappa shape index (κ3) is 5.13. The van der Waals surface area contributed by atoms with Gasteiger partial charge in [-0.15, -0.1) is 0 Å². The van der Waals surface area contributed by atoms with Crippen LogP contribution in [0.5, 0.6) is 0 Å². The molecule has 2 N–H and O–H groups in total. The summed E-state index contributed by atoms with van der Waals surface area (Å²) in [5, 5.41) is 21.6.